The predicted octanol–water partition coefficient (Wildman–Crippen LogP) is 2.52. The lowest BCUT2D eigenvalue weighted by atomic mass is 10.1. The first-order valence-corrected chi connectivity index (χ1v) is 6.62. The van der Waals surface area contributed by atoms with Gasteiger partial charge in [0.1, 0.15) is 5.78 Å². The molecule has 0 unspecified atom stereocenters. The van der Waals surface area contributed by atoms with Gasteiger partial charge in [-0.25, -0.2) is 0 Å². The van der Waals surface area contributed by atoms with Gasteiger partial charge >= 0.3 is 0 Å². The Morgan fingerprint density at radius 2 is 1.95 bits per heavy atom. The van der Waals surface area contributed by atoms with Crippen LogP contribution in [0.15, 0.2) is 22.7 Å². The molecule has 0 atom stereocenters. The Morgan fingerprint density at radius 3 is 2.57 bits per heavy atom. The van der Waals surface area contributed by atoms with Gasteiger partial charge in [-0.05, 0) is 18.2 Å². The van der Waals surface area contributed by atoms with Crippen molar-refractivity contribution in [2.75, 3.05) is 14.2 Å². The van der Waals surface area contributed by atoms with Crippen molar-refractivity contribution in [3.63, 3.8) is 0 Å². The number of nitrogens with zero attached hydrogens (tertiary/aromatic N) is 2. The molecule has 0 aliphatic rings. The Morgan fingerprint density at radius 1 is 1.24 bits per heavy atom. The first-order valence-electron chi connectivity index (χ1n) is 6.62. The molecule has 0 amide bonds. The van der Waals surface area contributed by atoms with Crippen LogP contribution in [0.2, 0.25) is 0 Å². The van der Waals surface area contributed by atoms with E-state index in [1.807, 2.05) is 13.8 Å². The molecule has 1 aromatic heterocycles. The number of methoxy groups -OCH3 is 2. The van der Waals surface area contributed by atoms with Crippen molar-refractivity contribution >= 4 is 5.78 Å². The van der Waals surface area contributed by atoms with E-state index < -0.39 is 0 Å². The van der Waals surface area contributed by atoms with Crippen LogP contribution in [0.25, 0.3) is 11.4 Å². The number of rotatable bonds is 6. The third kappa shape index (κ3) is 3.39. The Labute approximate surface area is 123 Å². The molecule has 2 aromatic rings. The molecule has 0 N–H and O–H groups in total. The molecular formula is C15H18N2O4. The first kappa shape index (κ1) is 15.0. The minimum Gasteiger partial charge on any atom is -0.493 e. The Bertz CT molecular complexity index is 634. The molecule has 21 heavy (non-hydrogen) atoms. The monoisotopic (exact) mass is 290 g/mol. The summed E-state index contributed by atoms with van der Waals surface area (Å²) in [4.78, 5) is 15.9. The van der Waals surface area contributed by atoms with Crippen molar-refractivity contribution in [2.45, 2.75) is 20.3 Å². The summed E-state index contributed by atoms with van der Waals surface area (Å²) in [6.07, 6.45) is 0.151. The Balaban J connectivity index is 2.23. The molecule has 1 aromatic carbocycles. The van der Waals surface area contributed by atoms with Gasteiger partial charge in [-0.2, -0.15) is 4.98 Å². The number of Topliss-reactive ketones (excluding diaryl/α,β-unsaturated/α-hetero) is 1. The van der Waals surface area contributed by atoms with Crippen LogP contribution in [0.3, 0.4) is 0 Å². The van der Waals surface area contributed by atoms with Gasteiger partial charge in [0.15, 0.2) is 11.5 Å². The predicted molar refractivity (Wildman–Crippen MR) is 76.4 cm³/mol. The largest absolute Gasteiger partial charge is 0.493 e. The Kier molecular flexibility index (Phi) is 4.57. The molecule has 0 bridgehead atoms. The molecule has 6 nitrogen and oxygen atoms in total. The fraction of sp³-hybridized carbons (Fsp3) is 0.400. The summed E-state index contributed by atoms with van der Waals surface area (Å²) in [7, 11) is 3.13. The zero-order valence-electron chi connectivity index (χ0n) is 12.5. The van der Waals surface area contributed by atoms with Gasteiger partial charge in [-0.15, -0.1) is 0 Å². The fourth-order valence-corrected chi connectivity index (χ4v) is 1.77. The summed E-state index contributed by atoms with van der Waals surface area (Å²) in [6, 6.07) is 5.33. The van der Waals surface area contributed by atoms with E-state index in [4.69, 9.17) is 14.0 Å². The van der Waals surface area contributed by atoms with Crippen molar-refractivity contribution in [3.05, 3.63) is 24.1 Å². The van der Waals surface area contributed by atoms with Crippen molar-refractivity contribution in [1.82, 2.24) is 10.1 Å². The lowest BCUT2D eigenvalue weighted by molar-refractivity contribution is -0.121. The van der Waals surface area contributed by atoms with Crippen LogP contribution in [-0.2, 0) is 11.2 Å². The van der Waals surface area contributed by atoms with E-state index in [0.29, 0.717) is 23.2 Å². The van der Waals surface area contributed by atoms with E-state index in [-0.39, 0.29) is 18.1 Å². The van der Waals surface area contributed by atoms with Crippen LogP contribution >= 0.6 is 0 Å². The normalized spacial score (nSPS) is 10.7. The molecule has 0 aliphatic heterocycles. The van der Waals surface area contributed by atoms with E-state index in [2.05, 4.69) is 10.1 Å². The van der Waals surface area contributed by atoms with E-state index in [0.717, 1.165) is 5.56 Å². The molecule has 0 radical (unpaired) electrons. The highest BCUT2D eigenvalue weighted by Gasteiger charge is 2.16. The van der Waals surface area contributed by atoms with Crippen LogP contribution in [0, 0.1) is 5.92 Å². The number of ether oxygens (including phenoxy) is 2. The van der Waals surface area contributed by atoms with E-state index >= 15 is 0 Å². The maximum atomic E-state index is 11.7. The summed E-state index contributed by atoms with van der Waals surface area (Å²) in [5.41, 5.74) is 0.736. The summed E-state index contributed by atoms with van der Waals surface area (Å²) in [5, 5.41) is 3.90. The molecule has 6 heteroatoms. The summed E-state index contributed by atoms with van der Waals surface area (Å²) < 4.78 is 15.5. The highest BCUT2D eigenvalue weighted by molar-refractivity contribution is 5.81. The second-order valence-corrected chi connectivity index (χ2v) is 4.88. The third-order valence-electron chi connectivity index (χ3n) is 3.08. The number of ketones is 1. The highest BCUT2D eigenvalue weighted by Crippen LogP contribution is 2.31. The van der Waals surface area contributed by atoms with Gasteiger partial charge in [0.25, 0.3) is 0 Å². The Hall–Kier alpha value is -2.37. The zero-order valence-corrected chi connectivity index (χ0v) is 12.5. The van der Waals surface area contributed by atoms with Crippen molar-refractivity contribution in [2.24, 2.45) is 5.92 Å². The summed E-state index contributed by atoms with van der Waals surface area (Å²) in [6.45, 7) is 3.68. The number of hydrogen-bond acceptors (Lipinski definition) is 6. The smallest absolute Gasteiger partial charge is 0.234 e. The molecule has 112 valence electrons. The number of carbonyl (C=O) groups excluding carboxylic acids is 1. The van der Waals surface area contributed by atoms with Gasteiger partial charge in [-0.3, -0.25) is 4.79 Å². The van der Waals surface area contributed by atoms with Crippen LogP contribution in [0.5, 0.6) is 11.5 Å². The maximum absolute atomic E-state index is 11.7. The van der Waals surface area contributed by atoms with Crippen LogP contribution in [0.1, 0.15) is 19.7 Å². The second kappa shape index (κ2) is 6.39. The van der Waals surface area contributed by atoms with Crippen molar-refractivity contribution in [3.8, 4) is 22.9 Å². The molecule has 2 rings (SSSR count). The highest BCUT2D eigenvalue weighted by atomic mass is 16.5. The van der Waals surface area contributed by atoms with Crippen LogP contribution < -0.4 is 9.47 Å². The number of carbonyl (C=O) groups is 1. The number of aromatic nitrogens is 2. The summed E-state index contributed by atoms with van der Waals surface area (Å²) in [5.74, 6) is 1.96. The van der Waals surface area contributed by atoms with Crippen molar-refractivity contribution in [1.29, 1.82) is 0 Å². The van der Waals surface area contributed by atoms with E-state index in [1.54, 1.807) is 32.4 Å². The lowest BCUT2D eigenvalue weighted by Gasteiger charge is -2.07. The molecule has 1 heterocycles. The zero-order chi connectivity index (χ0) is 15.4. The molecule has 0 saturated carbocycles. The molecule has 0 fully saturated rings. The van der Waals surface area contributed by atoms with Gasteiger partial charge in [0, 0.05) is 11.5 Å². The quantitative estimate of drug-likeness (QED) is 0.813. The van der Waals surface area contributed by atoms with E-state index in [9.17, 15) is 4.79 Å². The van der Waals surface area contributed by atoms with Crippen molar-refractivity contribution < 1.29 is 18.8 Å². The average Bonchev–Trinajstić information content (AvgIpc) is 2.94. The average molecular weight is 290 g/mol. The molecular weight excluding hydrogens is 272 g/mol. The summed E-state index contributed by atoms with van der Waals surface area (Å²) >= 11 is 0. The molecule has 0 aliphatic carbocycles. The maximum Gasteiger partial charge on any atom is 0.234 e. The van der Waals surface area contributed by atoms with Gasteiger partial charge in [0.2, 0.25) is 11.7 Å². The SMILES string of the molecule is COc1ccc(-c2noc(CC(=O)C(C)C)n2)cc1OC. The third-order valence-corrected chi connectivity index (χ3v) is 3.08. The minimum absolute atomic E-state index is 0.0542. The second-order valence-electron chi connectivity index (χ2n) is 4.88. The number of hydrogen-bond donors (Lipinski definition) is 0. The lowest BCUT2D eigenvalue weighted by Crippen LogP contribution is -2.10. The topological polar surface area (TPSA) is 74.5 Å². The standard InChI is InChI=1S/C15H18N2O4/c1-9(2)11(18)8-14-16-15(17-21-14)10-5-6-12(19-3)13(7-10)20-4/h5-7,9H,8H2,1-4H3. The molecule has 0 spiro atoms. The van der Waals surface area contributed by atoms with Crippen LogP contribution in [0.4, 0.5) is 0 Å². The van der Waals surface area contributed by atoms with Gasteiger partial charge in [0.05, 0.1) is 20.6 Å². The van der Waals surface area contributed by atoms with Gasteiger partial charge in [-0.1, -0.05) is 19.0 Å². The fourth-order valence-electron chi connectivity index (χ4n) is 1.77. The minimum atomic E-state index is -0.0542. The molecule has 0 saturated heterocycles. The van der Waals surface area contributed by atoms with Gasteiger partial charge < -0.3 is 14.0 Å². The van der Waals surface area contributed by atoms with E-state index in [1.165, 1.54) is 0 Å². The van der Waals surface area contributed by atoms with Crippen LogP contribution in [-0.4, -0.2) is 30.1 Å². The first-order chi connectivity index (χ1) is 10.0. The number of benzene rings is 1.